The first-order valence-electron chi connectivity index (χ1n) is 12.2. The standard InChI is InChI=1S/C29H24N4O6S/c1-38-21-10-9-18(25(15-21)39-2)17-40(37)27-24(8-5-12-31-27)26(34)32-19-11-13-30-20(14-19)16-33-28(35)22-6-3-4-7-23(22)29(33)36/h3-15H,16-17H2,1-2H3,(H,30,32,34). The van der Waals surface area contributed by atoms with Gasteiger partial charge in [0.15, 0.2) is 0 Å². The molecule has 5 rings (SSSR count). The number of fused-ring (bicyclic) bond motifs is 1. The molecule has 0 aliphatic carbocycles. The van der Waals surface area contributed by atoms with Crippen LogP contribution in [0.5, 0.6) is 11.5 Å². The van der Waals surface area contributed by atoms with Crippen molar-refractivity contribution in [2.24, 2.45) is 0 Å². The molecule has 11 heteroatoms. The largest absolute Gasteiger partial charge is 0.497 e. The SMILES string of the molecule is COc1ccc(CS(=O)c2ncccc2C(=O)Nc2ccnc(CN3C(=O)c4ccccc4C3=O)c2)c(OC)c1. The fraction of sp³-hybridized carbons (Fsp3) is 0.138. The number of anilines is 1. The minimum absolute atomic E-state index is 0.0537. The topological polar surface area (TPSA) is 128 Å². The molecule has 2 aromatic heterocycles. The summed E-state index contributed by atoms with van der Waals surface area (Å²) in [4.78, 5) is 48.3. The lowest BCUT2D eigenvalue weighted by molar-refractivity contribution is 0.0640. The van der Waals surface area contributed by atoms with E-state index in [2.05, 4.69) is 15.3 Å². The van der Waals surface area contributed by atoms with Crippen LogP contribution >= 0.6 is 0 Å². The van der Waals surface area contributed by atoms with Gasteiger partial charge in [-0.1, -0.05) is 18.2 Å². The second kappa shape index (κ2) is 11.5. The third-order valence-corrected chi connectivity index (χ3v) is 7.61. The van der Waals surface area contributed by atoms with Gasteiger partial charge in [0.05, 0.1) is 59.7 Å². The normalized spacial score (nSPS) is 13.1. The first-order valence-corrected chi connectivity index (χ1v) is 13.5. The number of hydrogen-bond acceptors (Lipinski definition) is 8. The lowest BCUT2D eigenvalue weighted by atomic mass is 10.1. The number of ether oxygens (including phenoxy) is 2. The summed E-state index contributed by atoms with van der Waals surface area (Å²) in [6.07, 6.45) is 2.95. The molecule has 1 atom stereocenters. The molecule has 10 nitrogen and oxygen atoms in total. The molecule has 0 saturated heterocycles. The van der Waals surface area contributed by atoms with Crippen molar-refractivity contribution in [1.29, 1.82) is 0 Å². The van der Waals surface area contributed by atoms with Crippen LogP contribution in [-0.2, 0) is 23.1 Å². The highest BCUT2D eigenvalue weighted by Gasteiger charge is 2.35. The Hall–Kier alpha value is -4.90. The first-order chi connectivity index (χ1) is 19.4. The van der Waals surface area contributed by atoms with E-state index >= 15 is 0 Å². The van der Waals surface area contributed by atoms with Crippen LogP contribution in [-0.4, -0.2) is 51.0 Å². The molecule has 0 bridgehead atoms. The Morgan fingerprint density at radius 1 is 0.900 bits per heavy atom. The quantitative estimate of drug-likeness (QED) is 0.308. The van der Waals surface area contributed by atoms with Gasteiger partial charge in [-0.3, -0.25) is 28.5 Å². The number of imide groups is 1. The number of hydrogen-bond donors (Lipinski definition) is 1. The maximum absolute atomic E-state index is 13.3. The monoisotopic (exact) mass is 556 g/mol. The van der Waals surface area contributed by atoms with E-state index in [4.69, 9.17) is 9.47 Å². The maximum atomic E-state index is 13.3. The van der Waals surface area contributed by atoms with Crippen molar-refractivity contribution in [2.45, 2.75) is 17.3 Å². The summed E-state index contributed by atoms with van der Waals surface area (Å²) in [6.45, 7) is -0.0537. The zero-order valence-corrected chi connectivity index (χ0v) is 22.4. The Morgan fingerprint density at radius 3 is 2.35 bits per heavy atom. The summed E-state index contributed by atoms with van der Waals surface area (Å²) in [6, 6.07) is 18.1. The van der Waals surface area contributed by atoms with Crippen LogP contribution in [0.1, 0.15) is 42.3 Å². The zero-order chi connectivity index (χ0) is 28.2. The second-order valence-corrected chi connectivity index (χ2v) is 10.1. The Kier molecular flexibility index (Phi) is 7.65. The van der Waals surface area contributed by atoms with Crippen LogP contribution in [0.25, 0.3) is 0 Å². The van der Waals surface area contributed by atoms with Gasteiger partial charge in [0.2, 0.25) is 0 Å². The Balaban J connectivity index is 1.32. The molecule has 0 spiro atoms. The van der Waals surface area contributed by atoms with Gasteiger partial charge in [0.25, 0.3) is 17.7 Å². The van der Waals surface area contributed by atoms with Gasteiger partial charge in [-0.05, 0) is 42.5 Å². The maximum Gasteiger partial charge on any atom is 0.261 e. The van der Waals surface area contributed by atoms with Crippen molar-refractivity contribution < 1.29 is 28.1 Å². The fourth-order valence-corrected chi connectivity index (χ4v) is 5.55. The number of nitrogens with zero attached hydrogens (tertiary/aromatic N) is 3. The van der Waals surface area contributed by atoms with E-state index in [1.54, 1.807) is 73.8 Å². The van der Waals surface area contributed by atoms with Crippen molar-refractivity contribution in [1.82, 2.24) is 14.9 Å². The molecule has 2 aromatic carbocycles. The average molecular weight is 557 g/mol. The van der Waals surface area contributed by atoms with Crippen LogP contribution < -0.4 is 14.8 Å². The Labute approximate surface area is 232 Å². The number of methoxy groups -OCH3 is 2. The molecule has 40 heavy (non-hydrogen) atoms. The highest BCUT2D eigenvalue weighted by Crippen LogP contribution is 2.28. The molecule has 3 amide bonds. The molecule has 0 fully saturated rings. The van der Waals surface area contributed by atoms with Crippen molar-refractivity contribution in [3.05, 3.63) is 107 Å². The molecule has 1 N–H and O–H groups in total. The van der Waals surface area contributed by atoms with Crippen molar-refractivity contribution in [2.75, 3.05) is 19.5 Å². The molecule has 202 valence electrons. The van der Waals surface area contributed by atoms with Crippen LogP contribution in [0.15, 0.2) is 84.1 Å². The van der Waals surface area contributed by atoms with E-state index in [0.29, 0.717) is 39.6 Å². The van der Waals surface area contributed by atoms with Crippen LogP contribution in [0, 0.1) is 0 Å². The third kappa shape index (κ3) is 5.32. The summed E-state index contributed by atoms with van der Waals surface area (Å²) in [5, 5.41) is 2.90. The lowest BCUT2D eigenvalue weighted by Crippen LogP contribution is -2.29. The number of rotatable bonds is 9. The minimum Gasteiger partial charge on any atom is -0.497 e. The van der Waals surface area contributed by atoms with Gasteiger partial charge in [-0.25, -0.2) is 4.98 Å². The van der Waals surface area contributed by atoms with Gasteiger partial charge < -0.3 is 14.8 Å². The number of carbonyl (C=O) groups excluding carboxylic acids is 3. The Morgan fingerprint density at radius 2 is 1.65 bits per heavy atom. The summed E-state index contributed by atoms with van der Waals surface area (Å²) < 4.78 is 23.9. The second-order valence-electron chi connectivity index (χ2n) is 8.76. The molecular weight excluding hydrogens is 532 g/mol. The molecule has 4 aromatic rings. The molecule has 0 radical (unpaired) electrons. The van der Waals surface area contributed by atoms with E-state index < -0.39 is 28.5 Å². The zero-order valence-electron chi connectivity index (χ0n) is 21.6. The van der Waals surface area contributed by atoms with Crippen LogP contribution in [0.4, 0.5) is 5.69 Å². The third-order valence-electron chi connectivity index (χ3n) is 6.29. The smallest absolute Gasteiger partial charge is 0.261 e. The molecule has 3 heterocycles. The van der Waals surface area contributed by atoms with Crippen LogP contribution in [0.2, 0.25) is 0 Å². The number of pyridine rings is 2. The number of benzene rings is 2. The number of carbonyl (C=O) groups is 3. The number of aromatic nitrogens is 2. The Bertz CT molecular complexity index is 1620. The lowest BCUT2D eigenvalue weighted by Gasteiger charge is -2.14. The summed E-state index contributed by atoms with van der Waals surface area (Å²) in [7, 11) is 1.39. The summed E-state index contributed by atoms with van der Waals surface area (Å²) in [5.74, 6) is -0.123. The highest BCUT2D eigenvalue weighted by molar-refractivity contribution is 7.84. The van der Waals surface area contributed by atoms with Gasteiger partial charge >= 0.3 is 0 Å². The van der Waals surface area contributed by atoms with E-state index in [1.807, 2.05) is 0 Å². The van der Waals surface area contributed by atoms with Gasteiger partial charge in [0.1, 0.15) is 16.5 Å². The van der Waals surface area contributed by atoms with E-state index in [9.17, 15) is 18.6 Å². The van der Waals surface area contributed by atoms with Crippen LogP contribution in [0.3, 0.4) is 0 Å². The van der Waals surface area contributed by atoms with Crippen molar-refractivity contribution in [3.63, 3.8) is 0 Å². The molecule has 1 unspecified atom stereocenters. The summed E-state index contributed by atoms with van der Waals surface area (Å²) in [5.41, 5.74) is 2.32. The number of nitrogens with one attached hydrogen (secondary N) is 1. The molecular formula is C29H24N4O6S. The molecule has 1 aliphatic heterocycles. The average Bonchev–Trinajstić information content (AvgIpc) is 3.22. The molecule has 1 aliphatic rings. The summed E-state index contributed by atoms with van der Waals surface area (Å²) >= 11 is 0. The van der Waals surface area contributed by atoms with E-state index in [0.717, 1.165) is 4.90 Å². The number of amides is 3. The van der Waals surface area contributed by atoms with Crippen molar-refractivity contribution in [3.8, 4) is 11.5 Å². The van der Waals surface area contributed by atoms with Crippen molar-refractivity contribution >= 4 is 34.2 Å². The molecule has 0 saturated carbocycles. The van der Waals surface area contributed by atoms with E-state index in [-0.39, 0.29) is 22.9 Å². The van der Waals surface area contributed by atoms with Gasteiger partial charge in [0, 0.05) is 29.7 Å². The highest BCUT2D eigenvalue weighted by atomic mass is 32.2. The van der Waals surface area contributed by atoms with Gasteiger partial charge in [-0.15, -0.1) is 0 Å². The first kappa shape index (κ1) is 26.7. The predicted octanol–water partition coefficient (Wildman–Crippen LogP) is 3.85. The minimum atomic E-state index is -1.67. The predicted molar refractivity (Wildman–Crippen MR) is 147 cm³/mol. The fourth-order valence-electron chi connectivity index (χ4n) is 4.31. The van der Waals surface area contributed by atoms with Gasteiger partial charge in [-0.2, -0.15) is 0 Å². The van der Waals surface area contributed by atoms with E-state index in [1.165, 1.54) is 19.5 Å².